The summed E-state index contributed by atoms with van der Waals surface area (Å²) in [5, 5.41) is 3.79. The van der Waals surface area contributed by atoms with Crippen LogP contribution in [0.4, 0.5) is 0 Å². The van der Waals surface area contributed by atoms with Crippen LogP contribution in [0.2, 0.25) is 0 Å². The van der Waals surface area contributed by atoms with E-state index >= 15 is 0 Å². The summed E-state index contributed by atoms with van der Waals surface area (Å²) in [7, 11) is 0. The van der Waals surface area contributed by atoms with Crippen LogP contribution in [0.1, 0.15) is 59.3 Å². The second-order valence-electron chi connectivity index (χ2n) is 6.71. The molecule has 0 aromatic carbocycles. The van der Waals surface area contributed by atoms with Crippen LogP contribution < -0.4 is 5.32 Å². The second-order valence-corrected chi connectivity index (χ2v) is 6.71. The van der Waals surface area contributed by atoms with Crippen LogP contribution in [0.25, 0.3) is 0 Å². The third-order valence-corrected chi connectivity index (χ3v) is 4.95. The Kier molecular flexibility index (Phi) is 4.29. The van der Waals surface area contributed by atoms with Crippen molar-refractivity contribution in [2.75, 3.05) is 6.54 Å². The first-order chi connectivity index (χ1) is 7.65. The zero-order valence-corrected chi connectivity index (χ0v) is 11.3. The molecule has 0 radical (unpaired) electrons. The van der Waals surface area contributed by atoms with Crippen molar-refractivity contribution in [3.8, 4) is 0 Å². The molecule has 94 valence electrons. The maximum atomic E-state index is 3.79. The van der Waals surface area contributed by atoms with E-state index in [0.29, 0.717) is 0 Å². The van der Waals surface area contributed by atoms with Crippen molar-refractivity contribution in [1.29, 1.82) is 0 Å². The lowest BCUT2D eigenvalue weighted by Gasteiger charge is -2.40. The van der Waals surface area contributed by atoms with E-state index in [1.54, 1.807) is 0 Å². The van der Waals surface area contributed by atoms with E-state index in [0.717, 1.165) is 29.7 Å². The van der Waals surface area contributed by atoms with Crippen LogP contribution in [0.15, 0.2) is 0 Å². The van der Waals surface area contributed by atoms with E-state index in [1.807, 2.05) is 0 Å². The Morgan fingerprint density at radius 2 is 1.69 bits per heavy atom. The molecule has 1 N–H and O–H groups in total. The number of rotatable bonds is 4. The van der Waals surface area contributed by atoms with Gasteiger partial charge in [0.05, 0.1) is 0 Å². The summed E-state index contributed by atoms with van der Waals surface area (Å²) in [5.41, 5.74) is 0. The van der Waals surface area contributed by atoms with Gasteiger partial charge in [-0.1, -0.05) is 33.6 Å². The van der Waals surface area contributed by atoms with Gasteiger partial charge in [-0.2, -0.15) is 0 Å². The van der Waals surface area contributed by atoms with Crippen molar-refractivity contribution in [3.63, 3.8) is 0 Å². The molecule has 1 heteroatoms. The highest BCUT2D eigenvalue weighted by Gasteiger charge is 2.31. The standard InChI is InChI=1S/C15H29N/c1-11(2)14-8-15(9-14)16-10-13-6-4-12(3)5-7-13/h11-16H,4-10H2,1-3H3. The smallest absolute Gasteiger partial charge is 0.00726 e. The van der Waals surface area contributed by atoms with E-state index in [9.17, 15) is 0 Å². The van der Waals surface area contributed by atoms with Crippen molar-refractivity contribution >= 4 is 0 Å². The maximum absolute atomic E-state index is 3.79. The third-order valence-electron chi connectivity index (χ3n) is 4.95. The quantitative estimate of drug-likeness (QED) is 0.763. The van der Waals surface area contributed by atoms with Crippen LogP contribution in [-0.2, 0) is 0 Å². The molecule has 0 spiro atoms. The van der Waals surface area contributed by atoms with E-state index in [2.05, 4.69) is 26.1 Å². The highest BCUT2D eigenvalue weighted by atomic mass is 14.9. The molecule has 0 atom stereocenters. The Hall–Kier alpha value is -0.0400. The summed E-state index contributed by atoms with van der Waals surface area (Å²) < 4.78 is 0. The van der Waals surface area contributed by atoms with E-state index in [4.69, 9.17) is 0 Å². The van der Waals surface area contributed by atoms with Crippen LogP contribution in [0.3, 0.4) is 0 Å². The zero-order chi connectivity index (χ0) is 11.5. The number of nitrogens with one attached hydrogen (secondary N) is 1. The summed E-state index contributed by atoms with van der Waals surface area (Å²) in [4.78, 5) is 0. The van der Waals surface area contributed by atoms with Crippen molar-refractivity contribution < 1.29 is 0 Å². The Morgan fingerprint density at radius 3 is 2.25 bits per heavy atom. The molecule has 0 saturated heterocycles. The van der Waals surface area contributed by atoms with E-state index in [1.165, 1.54) is 45.1 Å². The number of hydrogen-bond acceptors (Lipinski definition) is 1. The number of hydrogen-bond donors (Lipinski definition) is 1. The van der Waals surface area contributed by atoms with E-state index in [-0.39, 0.29) is 0 Å². The molecule has 2 rings (SSSR count). The fraction of sp³-hybridized carbons (Fsp3) is 1.00. The Morgan fingerprint density at radius 1 is 1.06 bits per heavy atom. The Balaban J connectivity index is 1.56. The summed E-state index contributed by atoms with van der Waals surface area (Å²) in [5.74, 6) is 3.87. The SMILES string of the molecule is CC1CCC(CNC2CC(C(C)C)C2)CC1. The second kappa shape index (κ2) is 5.53. The van der Waals surface area contributed by atoms with Gasteiger partial charge in [0.25, 0.3) is 0 Å². The molecule has 2 aliphatic rings. The zero-order valence-electron chi connectivity index (χ0n) is 11.3. The topological polar surface area (TPSA) is 12.0 Å². The van der Waals surface area contributed by atoms with Gasteiger partial charge in [-0.25, -0.2) is 0 Å². The highest BCUT2D eigenvalue weighted by molar-refractivity contribution is 4.87. The van der Waals surface area contributed by atoms with Crippen LogP contribution >= 0.6 is 0 Å². The predicted octanol–water partition coefficient (Wildman–Crippen LogP) is 3.84. The highest BCUT2D eigenvalue weighted by Crippen LogP contribution is 2.34. The molecule has 0 aromatic heterocycles. The first kappa shape index (κ1) is 12.4. The lowest BCUT2D eigenvalue weighted by atomic mass is 9.73. The van der Waals surface area contributed by atoms with Crippen molar-refractivity contribution in [2.24, 2.45) is 23.7 Å². The minimum absolute atomic E-state index is 0.853. The summed E-state index contributed by atoms with van der Waals surface area (Å²) in [6.07, 6.45) is 8.72. The molecule has 0 aromatic rings. The van der Waals surface area contributed by atoms with Gasteiger partial charge in [-0.3, -0.25) is 0 Å². The Labute approximate surface area is 101 Å². The van der Waals surface area contributed by atoms with Crippen LogP contribution in [0, 0.1) is 23.7 Å². The monoisotopic (exact) mass is 223 g/mol. The molecule has 2 aliphatic carbocycles. The fourth-order valence-electron chi connectivity index (χ4n) is 3.24. The van der Waals surface area contributed by atoms with Gasteiger partial charge < -0.3 is 5.32 Å². The molecule has 1 nitrogen and oxygen atoms in total. The molecule has 0 heterocycles. The van der Waals surface area contributed by atoms with Gasteiger partial charge in [0.2, 0.25) is 0 Å². The van der Waals surface area contributed by atoms with Crippen molar-refractivity contribution in [2.45, 2.75) is 65.3 Å². The summed E-state index contributed by atoms with van der Waals surface area (Å²) >= 11 is 0. The molecule has 2 fully saturated rings. The molecular weight excluding hydrogens is 194 g/mol. The van der Waals surface area contributed by atoms with Gasteiger partial charge >= 0.3 is 0 Å². The van der Waals surface area contributed by atoms with E-state index < -0.39 is 0 Å². The van der Waals surface area contributed by atoms with Crippen molar-refractivity contribution in [1.82, 2.24) is 5.32 Å². The summed E-state index contributed by atoms with van der Waals surface area (Å²) in [6, 6.07) is 0.853. The van der Waals surface area contributed by atoms with Gasteiger partial charge in [0.15, 0.2) is 0 Å². The van der Waals surface area contributed by atoms with Crippen molar-refractivity contribution in [3.05, 3.63) is 0 Å². The minimum atomic E-state index is 0.853. The van der Waals surface area contributed by atoms with Crippen LogP contribution in [-0.4, -0.2) is 12.6 Å². The first-order valence-electron chi connectivity index (χ1n) is 7.38. The summed E-state index contributed by atoms with van der Waals surface area (Å²) in [6.45, 7) is 8.43. The molecule has 0 unspecified atom stereocenters. The van der Waals surface area contributed by atoms with Gasteiger partial charge in [0, 0.05) is 6.04 Å². The fourth-order valence-corrected chi connectivity index (χ4v) is 3.24. The van der Waals surface area contributed by atoms with Gasteiger partial charge in [-0.05, 0) is 55.9 Å². The lowest BCUT2D eigenvalue weighted by molar-refractivity contribution is 0.157. The first-order valence-corrected chi connectivity index (χ1v) is 7.38. The largest absolute Gasteiger partial charge is 0.314 e. The predicted molar refractivity (Wildman–Crippen MR) is 70.5 cm³/mol. The molecule has 0 amide bonds. The Bertz CT molecular complexity index is 197. The normalized spacial score (nSPS) is 39.8. The third kappa shape index (κ3) is 3.23. The minimum Gasteiger partial charge on any atom is -0.314 e. The molecule has 0 bridgehead atoms. The average Bonchev–Trinajstić information content (AvgIpc) is 2.18. The average molecular weight is 223 g/mol. The molecule has 0 aliphatic heterocycles. The molecule has 16 heavy (non-hydrogen) atoms. The molecular formula is C15H29N. The van der Waals surface area contributed by atoms with Crippen LogP contribution in [0.5, 0.6) is 0 Å². The maximum Gasteiger partial charge on any atom is 0.00726 e. The lowest BCUT2D eigenvalue weighted by Crippen LogP contribution is -2.45. The van der Waals surface area contributed by atoms with Gasteiger partial charge in [0.1, 0.15) is 0 Å². The van der Waals surface area contributed by atoms with Gasteiger partial charge in [-0.15, -0.1) is 0 Å². The molecule has 2 saturated carbocycles.